The molecule has 0 unspecified atom stereocenters. The van der Waals surface area contributed by atoms with Gasteiger partial charge in [0.15, 0.2) is 0 Å². The fraction of sp³-hybridized carbons (Fsp3) is 0.472. The van der Waals surface area contributed by atoms with Gasteiger partial charge in [0.25, 0.3) is 0 Å². The molecule has 5 heterocycles. The van der Waals surface area contributed by atoms with Crippen LogP contribution in [0.2, 0.25) is 0 Å². The molecule has 0 bridgehead atoms. The maximum Gasteiger partial charge on any atom is 0.0686 e. The third-order valence-electron chi connectivity index (χ3n) is 12.3. The Morgan fingerprint density at radius 3 is 0.691 bits per heavy atom. The molecule has 0 saturated heterocycles. The number of rotatable bonds is 0. The predicted molar refractivity (Wildman–Crippen MR) is 443 cm³/mol. The Morgan fingerprint density at radius 2 is 0.426 bits per heavy atom. The zero-order chi connectivity index (χ0) is 74.0. The van der Waals surface area contributed by atoms with E-state index in [4.69, 9.17) is 0 Å². The Bertz CT molecular complexity index is 2860. The van der Waals surface area contributed by atoms with Gasteiger partial charge in [-0.05, 0) is 135 Å². The number of benzene rings is 7. The number of hydrogen-bond donors (Lipinski definition) is 0. The summed E-state index contributed by atoms with van der Waals surface area (Å²) in [5.41, 5.74) is 24.7. The van der Waals surface area contributed by atoms with Gasteiger partial charge in [0.1, 0.15) is 0 Å². The molecule has 526 valence electrons. The topological polar surface area (TPSA) is 61.8 Å². The van der Waals surface area contributed by atoms with Crippen LogP contribution in [0.25, 0.3) is 10.8 Å². The van der Waals surface area contributed by atoms with Crippen LogP contribution in [0.3, 0.4) is 0 Å². The van der Waals surface area contributed by atoms with Gasteiger partial charge in [-0.25, -0.2) is 0 Å². The molecule has 0 saturated carbocycles. The largest absolute Gasteiger partial charge is 0.257 e. The second-order valence-electron chi connectivity index (χ2n) is 18.2. The van der Waals surface area contributed by atoms with Crippen LogP contribution in [0, 0.1) is 0 Å². The molecule has 94 heavy (non-hydrogen) atoms. The number of para-hydroxylation sites is 1. The van der Waals surface area contributed by atoms with Gasteiger partial charge in [-0.15, -0.1) is 0 Å². The lowest BCUT2D eigenvalue weighted by atomic mass is 10.0. The van der Waals surface area contributed by atoms with Crippen molar-refractivity contribution in [2.75, 3.05) is 0 Å². The van der Waals surface area contributed by atoms with Gasteiger partial charge >= 0.3 is 0 Å². The zero-order valence-corrected chi connectivity index (χ0v) is 67.7. The smallest absolute Gasteiger partial charge is 0.0686 e. The average Bonchev–Trinajstić information content (AvgIpc) is 1.66. The van der Waals surface area contributed by atoms with E-state index in [-0.39, 0.29) is 0 Å². The first-order valence-corrected chi connectivity index (χ1v) is 37.3. The van der Waals surface area contributed by atoms with Gasteiger partial charge in [0.05, 0.1) is 28.4 Å². The van der Waals surface area contributed by atoms with Crippen LogP contribution >= 0.6 is 0 Å². The Hall–Kier alpha value is -7.11. The SMILES string of the molecule is CC.CC.CC.CC.CC.CC.CC.CC.CC.CC.CC.CC.CC.CC.CC(C)=C1Cc2ccccc2C1.CC1=Nc2cc3c(cc2C1)CC(C)=N3.CC1=Nc2cc3c(cc2C1)N=C(C)C3.CC1=Nc2ccccc2C1.c1ccc2ccccc2c1.c1ccccc1. The molecule has 5 aliphatic heterocycles. The lowest BCUT2D eigenvalue weighted by Crippen LogP contribution is -1.92. The summed E-state index contributed by atoms with van der Waals surface area (Å²) in [5, 5.41) is 2.62. The fourth-order valence-corrected chi connectivity index (χ4v) is 8.99. The van der Waals surface area contributed by atoms with Crippen molar-refractivity contribution in [3.05, 3.63) is 208 Å². The lowest BCUT2D eigenvalue weighted by Gasteiger charge is -2.01. The molecule has 7 aromatic carbocycles. The summed E-state index contributed by atoms with van der Waals surface area (Å²) in [4.78, 5) is 22.4. The van der Waals surface area contributed by atoms with Crippen molar-refractivity contribution in [1.29, 1.82) is 0 Å². The lowest BCUT2D eigenvalue weighted by molar-refractivity contribution is 1.10. The van der Waals surface area contributed by atoms with E-state index in [1.807, 2.05) is 236 Å². The zero-order valence-electron chi connectivity index (χ0n) is 67.7. The molecule has 7 aromatic rings. The van der Waals surface area contributed by atoms with Crippen molar-refractivity contribution in [1.82, 2.24) is 0 Å². The number of allylic oxidation sites excluding steroid dienone is 2. The number of hydrogen-bond acceptors (Lipinski definition) is 5. The Labute approximate surface area is 584 Å². The first-order valence-electron chi connectivity index (χ1n) is 37.3. The van der Waals surface area contributed by atoms with Crippen molar-refractivity contribution in [3.8, 4) is 0 Å². The van der Waals surface area contributed by atoms with Crippen LogP contribution in [-0.4, -0.2) is 28.6 Å². The Balaban J connectivity index is -0.000000181. The first-order chi connectivity index (χ1) is 46.0. The second-order valence-corrected chi connectivity index (χ2v) is 18.2. The van der Waals surface area contributed by atoms with Crippen molar-refractivity contribution < 1.29 is 0 Å². The molecule has 0 amide bonds. The molecular formula is C89H145N5. The highest BCUT2D eigenvalue weighted by Crippen LogP contribution is 2.38. The molecule has 13 rings (SSSR count). The maximum absolute atomic E-state index is 4.52. The average molecular weight is 1290 g/mol. The molecule has 0 atom stereocenters. The highest BCUT2D eigenvalue weighted by Gasteiger charge is 2.20. The van der Waals surface area contributed by atoms with Crippen molar-refractivity contribution in [2.45, 2.75) is 287 Å². The van der Waals surface area contributed by atoms with Crippen molar-refractivity contribution in [2.24, 2.45) is 25.0 Å². The fourth-order valence-electron chi connectivity index (χ4n) is 8.99. The van der Waals surface area contributed by atoms with Gasteiger partial charge in [-0.1, -0.05) is 338 Å². The standard InChI is InChI=1S/2C12H12N2.C12H14.C10H8.C9H9N.C6H6.14C2H6/c1-7-3-9-5-12-10(4-8(2)14-12)6-11(9)13-7;1-7-3-9-5-10-4-8(2)14-12(10)6-11(9)13-7;1-9(2)12-7-10-5-3-4-6-11(10)8-12;1-2-6-10-8-4-3-7-9(10)5-1;1-7-6-8-4-2-3-5-9(8)10-7;1-2-4-6-5-3-1;14*1-2/h2*5-6H,3-4H2,1-2H3;3-6H,7-8H2,1-2H3;1-8H;2-5H,6H2,1H3;1-6H;14*1-2H3. The van der Waals surface area contributed by atoms with E-state index >= 15 is 0 Å². The summed E-state index contributed by atoms with van der Waals surface area (Å²) in [6.07, 6.45) is 7.42. The quantitative estimate of drug-likeness (QED) is 0.136. The third-order valence-corrected chi connectivity index (χ3v) is 12.3. The summed E-state index contributed by atoms with van der Waals surface area (Å²) >= 11 is 0. The molecule has 5 heteroatoms. The van der Waals surface area contributed by atoms with E-state index in [9.17, 15) is 0 Å². The van der Waals surface area contributed by atoms with Crippen LogP contribution in [0.5, 0.6) is 0 Å². The van der Waals surface area contributed by atoms with Gasteiger partial charge in [0, 0.05) is 60.7 Å². The van der Waals surface area contributed by atoms with Crippen molar-refractivity contribution in [3.63, 3.8) is 0 Å². The van der Waals surface area contributed by atoms with Crippen LogP contribution in [-0.2, 0) is 44.9 Å². The highest BCUT2D eigenvalue weighted by atomic mass is 14.8. The van der Waals surface area contributed by atoms with Crippen LogP contribution in [0.4, 0.5) is 28.4 Å². The van der Waals surface area contributed by atoms with Crippen LogP contribution in [0.15, 0.2) is 194 Å². The van der Waals surface area contributed by atoms with E-state index in [0.29, 0.717) is 0 Å². The molecule has 1 aliphatic carbocycles. The summed E-state index contributed by atoms with van der Waals surface area (Å²) in [5.74, 6) is 0. The monoisotopic (exact) mass is 1280 g/mol. The molecule has 0 N–H and O–H groups in total. The second kappa shape index (κ2) is 70.2. The van der Waals surface area contributed by atoms with E-state index in [1.54, 1.807) is 5.57 Å². The highest BCUT2D eigenvalue weighted by molar-refractivity contribution is 5.98. The summed E-state index contributed by atoms with van der Waals surface area (Å²) < 4.78 is 0. The minimum absolute atomic E-state index is 0.997. The number of fused-ring (bicyclic) bond motifs is 7. The molecule has 0 fully saturated rings. The summed E-state index contributed by atoms with van der Waals surface area (Å²) in [6.45, 7) is 70.8. The molecule has 0 aromatic heterocycles. The molecular weight excluding hydrogens is 1140 g/mol. The normalized spacial score (nSPS) is 11.1. The van der Waals surface area contributed by atoms with Crippen LogP contribution in [0.1, 0.15) is 281 Å². The number of aliphatic imine (C=N–C) groups is 5. The molecule has 0 spiro atoms. The Morgan fingerprint density at radius 1 is 0.213 bits per heavy atom. The minimum Gasteiger partial charge on any atom is -0.257 e. The first kappa shape index (κ1) is 100. The van der Waals surface area contributed by atoms with Gasteiger partial charge in [0.2, 0.25) is 0 Å². The maximum atomic E-state index is 4.52. The molecule has 5 nitrogen and oxygen atoms in total. The van der Waals surface area contributed by atoms with E-state index < -0.39 is 0 Å². The van der Waals surface area contributed by atoms with Gasteiger partial charge in [-0.3, -0.25) is 25.0 Å². The Kier molecular flexibility index (Phi) is 75.0. The van der Waals surface area contributed by atoms with E-state index in [0.717, 1.165) is 60.5 Å². The third kappa shape index (κ3) is 39.6. The minimum atomic E-state index is 0.997. The molecule has 6 aliphatic rings. The summed E-state index contributed by atoms with van der Waals surface area (Å²) in [6, 6.07) is 54.5. The van der Waals surface area contributed by atoms with Gasteiger partial charge < -0.3 is 0 Å². The predicted octanol–water partition coefficient (Wildman–Crippen LogP) is 30.3. The summed E-state index contributed by atoms with van der Waals surface area (Å²) in [7, 11) is 0. The van der Waals surface area contributed by atoms with Crippen LogP contribution < -0.4 is 0 Å². The number of nitrogens with zero attached hydrogens (tertiary/aromatic N) is 5. The van der Waals surface area contributed by atoms with E-state index in [2.05, 4.69) is 189 Å². The molecule has 0 radical (unpaired) electrons. The van der Waals surface area contributed by atoms with Crippen molar-refractivity contribution >= 4 is 67.8 Å². The van der Waals surface area contributed by atoms with Gasteiger partial charge in [-0.2, -0.15) is 0 Å². The van der Waals surface area contributed by atoms with E-state index in [1.165, 1.54) is 96.7 Å².